The van der Waals surface area contributed by atoms with Crippen LogP contribution in [0.5, 0.6) is 0 Å². The maximum Gasteiger partial charge on any atom is 0.160 e. The Morgan fingerprint density at radius 2 is 2.04 bits per heavy atom. The summed E-state index contributed by atoms with van der Waals surface area (Å²) < 4.78 is 0. The third-order valence-corrected chi connectivity index (χ3v) is 4.88. The fourth-order valence-corrected chi connectivity index (χ4v) is 3.41. The van der Waals surface area contributed by atoms with Gasteiger partial charge in [0.2, 0.25) is 0 Å². The second-order valence-corrected chi connectivity index (χ2v) is 6.88. The molecule has 4 rings (SSSR count). The summed E-state index contributed by atoms with van der Waals surface area (Å²) in [5, 5.41) is 10.3. The van der Waals surface area contributed by atoms with Crippen LogP contribution in [0.2, 0.25) is 0 Å². The molecule has 2 aromatic rings. The molecule has 1 aliphatic heterocycles. The molecule has 1 unspecified atom stereocenters. The van der Waals surface area contributed by atoms with E-state index in [1.807, 2.05) is 37.4 Å². The van der Waals surface area contributed by atoms with Crippen molar-refractivity contribution in [3.8, 4) is 0 Å². The quantitative estimate of drug-likeness (QED) is 0.871. The van der Waals surface area contributed by atoms with Crippen LogP contribution in [-0.2, 0) is 0 Å². The van der Waals surface area contributed by atoms with Crippen LogP contribution in [0.4, 0.5) is 5.82 Å². The van der Waals surface area contributed by atoms with Gasteiger partial charge < -0.3 is 15.7 Å². The van der Waals surface area contributed by atoms with Crippen LogP contribution in [0.1, 0.15) is 30.7 Å². The van der Waals surface area contributed by atoms with Crippen LogP contribution >= 0.6 is 0 Å². The van der Waals surface area contributed by atoms with Gasteiger partial charge in [0.1, 0.15) is 5.52 Å². The average Bonchev–Trinajstić information content (AvgIpc) is 2.61. The number of hydrogen-bond acceptors (Lipinski definition) is 6. The number of anilines is 1. The van der Waals surface area contributed by atoms with Gasteiger partial charge in [0.25, 0.3) is 0 Å². The number of piperidine rings is 1. The Morgan fingerprint density at radius 1 is 1.24 bits per heavy atom. The van der Waals surface area contributed by atoms with E-state index in [2.05, 4.69) is 9.88 Å². The molecule has 0 spiro atoms. The number of nitrogens with zero attached hydrogens (tertiary/aromatic N) is 4. The van der Waals surface area contributed by atoms with E-state index in [0.717, 1.165) is 53.9 Å². The van der Waals surface area contributed by atoms with Crippen molar-refractivity contribution >= 4 is 22.4 Å². The molecule has 0 saturated carbocycles. The van der Waals surface area contributed by atoms with E-state index < -0.39 is 6.10 Å². The van der Waals surface area contributed by atoms with Crippen molar-refractivity contribution in [1.82, 2.24) is 15.0 Å². The highest BCUT2D eigenvalue weighted by Gasteiger charge is 2.24. The highest BCUT2D eigenvalue weighted by molar-refractivity contribution is 5.87. The van der Waals surface area contributed by atoms with Gasteiger partial charge in [-0.15, -0.1) is 0 Å². The van der Waals surface area contributed by atoms with E-state index >= 15 is 0 Å². The smallest absolute Gasteiger partial charge is 0.160 e. The van der Waals surface area contributed by atoms with Crippen LogP contribution in [0.15, 0.2) is 30.5 Å². The number of hydrogen-bond donors (Lipinski definition) is 2. The highest BCUT2D eigenvalue weighted by atomic mass is 16.3. The third kappa shape index (κ3) is 3.15. The fraction of sp³-hybridized carbons (Fsp3) is 0.421. The first kappa shape index (κ1) is 16.2. The van der Waals surface area contributed by atoms with Crippen LogP contribution in [0, 0.1) is 6.92 Å². The molecule has 6 heteroatoms. The summed E-state index contributed by atoms with van der Waals surface area (Å²) in [4.78, 5) is 16.3. The van der Waals surface area contributed by atoms with E-state index in [1.54, 1.807) is 0 Å². The number of pyridine rings is 1. The van der Waals surface area contributed by atoms with Gasteiger partial charge in [0.15, 0.2) is 11.6 Å². The summed E-state index contributed by atoms with van der Waals surface area (Å²) in [5.41, 5.74) is 9.50. The van der Waals surface area contributed by atoms with Gasteiger partial charge in [0.05, 0.1) is 11.6 Å². The molecule has 1 atom stereocenters. The lowest BCUT2D eigenvalue weighted by Gasteiger charge is -2.31. The number of aliphatic hydroxyl groups excluding tert-OH is 1. The minimum absolute atomic E-state index is 0.257. The molecule has 0 bridgehead atoms. The molecule has 6 nitrogen and oxygen atoms in total. The Kier molecular flexibility index (Phi) is 4.23. The Morgan fingerprint density at radius 3 is 2.80 bits per heavy atom. The first-order valence-electron chi connectivity index (χ1n) is 8.82. The molecule has 25 heavy (non-hydrogen) atoms. The Labute approximate surface area is 147 Å². The number of rotatable bonds is 2. The van der Waals surface area contributed by atoms with Crippen molar-refractivity contribution in [2.24, 2.45) is 5.73 Å². The van der Waals surface area contributed by atoms with Crippen LogP contribution in [-0.4, -0.2) is 45.3 Å². The predicted molar refractivity (Wildman–Crippen MR) is 99.2 cm³/mol. The minimum atomic E-state index is -0.567. The topological polar surface area (TPSA) is 88.2 Å². The standard InChI is InChI=1S/C19H23N5O/c1-12-10-15-17(21-11-12)19(24-8-6-13(20)7-9-24)23-18(22-15)14-4-2-3-5-16(14)25/h2-4,10-11,13,16,25H,5-9,20H2,1H3. The lowest BCUT2D eigenvalue weighted by atomic mass is 10.0. The Balaban J connectivity index is 1.85. The number of aromatic nitrogens is 3. The molecule has 0 radical (unpaired) electrons. The molecule has 0 aromatic carbocycles. The molecule has 2 aromatic heterocycles. The van der Waals surface area contributed by atoms with E-state index in [1.165, 1.54) is 0 Å². The summed E-state index contributed by atoms with van der Waals surface area (Å²) >= 11 is 0. The van der Waals surface area contributed by atoms with Crippen molar-refractivity contribution < 1.29 is 5.11 Å². The first-order chi connectivity index (χ1) is 12.1. The number of fused-ring (bicyclic) bond motifs is 1. The molecule has 1 saturated heterocycles. The maximum atomic E-state index is 10.3. The number of aryl methyl sites for hydroxylation is 1. The summed E-state index contributed by atoms with van der Waals surface area (Å²) in [5.74, 6) is 1.43. The first-order valence-corrected chi connectivity index (χ1v) is 8.82. The average molecular weight is 337 g/mol. The second-order valence-electron chi connectivity index (χ2n) is 6.88. The van der Waals surface area contributed by atoms with Gasteiger partial charge in [-0.3, -0.25) is 4.98 Å². The molecule has 2 aliphatic rings. The fourth-order valence-electron chi connectivity index (χ4n) is 3.41. The molecule has 1 aliphatic carbocycles. The van der Waals surface area contributed by atoms with Gasteiger partial charge in [-0.05, 0) is 37.8 Å². The summed E-state index contributed by atoms with van der Waals surface area (Å²) in [6, 6.07) is 2.28. The number of allylic oxidation sites excluding steroid dienone is 2. The van der Waals surface area contributed by atoms with Crippen LogP contribution < -0.4 is 10.6 Å². The maximum absolute atomic E-state index is 10.3. The van der Waals surface area contributed by atoms with Crippen molar-refractivity contribution in [3.63, 3.8) is 0 Å². The summed E-state index contributed by atoms with van der Waals surface area (Å²) in [6.07, 6.45) is 9.56. The van der Waals surface area contributed by atoms with Crippen molar-refractivity contribution in [2.75, 3.05) is 18.0 Å². The Bertz CT molecular complexity index is 852. The predicted octanol–water partition coefficient (Wildman–Crippen LogP) is 1.96. The van der Waals surface area contributed by atoms with Gasteiger partial charge in [0, 0.05) is 30.9 Å². The zero-order valence-electron chi connectivity index (χ0n) is 14.4. The van der Waals surface area contributed by atoms with Crippen molar-refractivity contribution in [1.29, 1.82) is 0 Å². The molecular formula is C19H23N5O. The molecule has 130 valence electrons. The number of aliphatic hydroxyl groups is 1. The van der Waals surface area contributed by atoms with E-state index in [4.69, 9.17) is 15.7 Å². The van der Waals surface area contributed by atoms with Gasteiger partial charge in [-0.1, -0.05) is 18.2 Å². The van der Waals surface area contributed by atoms with Gasteiger partial charge in [-0.2, -0.15) is 0 Å². The van der Waals surface area contributed by atoms with Crippen molar-refractivity contribution in [2.45, 2.75) is 38.3 Å². The molecule has 0 amide bonds. The zero-order valence-corrected chi connectivity index (χ0v) is 14.4. The third-order valence-electron chi connectivity index (χ3n) is 4.88. The molecule has 3 heterocycles. The second kappa shape index (κ2) is 6.54. The van der Waals surface area contributed by atoms with Gasteiger partial charge >= 0.3 is 0 Å². The van der Waals surface area contributed by atoms with E-state index in [0.29, 0.717) is 12.2 Å². The van der Waals surface area contributed by atoms with Crippen molar-refractivity contribution in [3.05, 3.63) is 41.9 Å². The molecular weight excluding hydrogens is 314 g/mol. The Hall–Kier alpha value is -2.31. The monoisotopic (exact) mass is 337 g/mol. The minimum Gasteiger partial charge on any atom is -0.388 e. The van der Waals surface area contributed by atoms with E-state index in [9.17, 15) is 5.11 Å². The molecule has 1 fully saturated rings. The lowest BCUT2D eigenvalue weighted by Crippen LogP contribution is -2.40. The number of nitrogens with two attached hydrogens (primary N) is 1. The van der Waals surface area contributed by atoms with E-state index in [-0.39, 0.29) is 6.04 Å². The van der Waals surface area contributed by atoms with Gasteiger partial charge in [-0.25, -0.2) is 9.97 Å². The lowest BCUT2D eigenvalue weighted by molar-refractivity contribution is 0.234. The van der Waals surface area contributed by atoms with Crippen LogP contribution in [0.3, 0.4) is 0 Å². The molecule has 3 N–H and O–H groups in total. The highest BCUT2D eigenvalue weighted by Crippen LogP contribution is 2.29. The summed E-state index contributed by atoms with van der Waals surface area (Å²) in [6.45, 7) is 3.73. The summed E-state index contributed by atoms with van der Waals surface area (Å²) in [7, 11) is 0. The normalized spacial score (nSPS) is 21.6. The SMILES string of the molecule is Cc1cnc2c(N3CCC(N)CC3)nc(C3=CC=CCC3O)nc2c1. The van der Waals surface area contributed by atoms with Crippen LogP contribution in [0.25, 0.3) is 16.6 Å². The largest absolute Gasteiger partial charge is 0.388 e. The zero-order chi connectivity index (χ0) is 17.4.